The van der Waals surface area contributed by atoms with Crippen molar-refractivity contribution in [3.8, 4) is 5.75 Å². The van der Waals surface area contributed by atoms with E-state index in [2.05, 4.69) is 0 Å². The summed E-state index contributed by atoms with van der Waals surface area (Å²) in [5.74, 6) is 0.769. The van der Waals surface area contributed by atoms with Crippen molar-refractivity contribution in [1.29, 1.82) is 0 Å². The van der Waals surface area contributed by atoms with Crippen LogP contribution < -0.4 is 10.5 Å². The molecule has 0 unspecified atom stereocenters. The van der Waals surface area contributed by atoms with Crippen molar-refractivity contribution in [1.82, 2.24) is 0 Å². The predicted molar refractivity (Wildman–Crippen MR) is 56.2 cm³/mol. The van der Waals surface area contributed by atoms with Gasteiger partial charge in [-0.1, -0.05) is 12.1 Å². The fraction of sp³-hybridized carbons (Fsp3) is 0.455. The van der Waals surface area contributed by atoms with Crippen molar-refractivity contribution in [2.45, 2.75) is 26.1 Å². The summed E-state index contributed by atoms with van der Waals surface area (Å²) >= 11 is 0. The molecule has 0 amide bonds. The van der Waals surface area contributed by atoms with Crippen LogP contribution in [0.5, 0.6) is 5.75 Å². The van der Waals surface area contributed by atoms with Crippen LogP contribution in [0, 0.1) is 0 Å². The van der Waals surface area contributed by atoms with Gasteiger partial charge in [0, 0.05) is 6.54 Å². The molecule has 0 fully saturated rings. The van der Waals surface area contributed by atoms with Crippen LogP contribution in [0.3, 0.4) is 0 Å². The van der Waals surface area contributed by atoms with Gasteiger partial charge in [-0.3, -0.25) is 0 Å². The second kappa shape index (κ2) is 4.98. The highest BCUT2D eigenvalue weighted by Gasteiger charge is 2.06. The SMILES string of the molecule is CC(C)Oc1cccc([C@@H](O)CN)c1. The Morgan fingerprint density at radius 3 is 2.71 bits per heavy atom. The van der Waals surface area contributed by atoms with E-state index in [0.717, 1.165) is 11.3 Å². The normalized spacial score (nSPS) is 12.9. The van der Waals surface area contributed by atoms with E-state index in [1.54, 1.807) is 0 Å². The maximum Gasteiger partial charge on any atom is 0.120 e. The highest BCUT2D eigenvalue weighted by molar-refractivity contribution is 5.30. The Hall–Kier alpha value is -1.06. The summed E-state index contributed by atoms with van der Waals surface area (Å²) in [5.41, 5.74) is 6.16. The average Bonchev–Trinajstić information content (AvgIpc) is 2.16. The van der Waals surface area contributed by atoms with Crippen LogP contribution in [0.2, 0.25) is 0 Å². The fourth-order valence-electron chi connectivity index (χ4n) is 1.20. The molecule has 0 aliphatic rings. The van der Waals surface area contributed by atoms with Crippen molar-refractivity contribution >= 4 is 0 Å². The molecule has 0 aliphatic heterocycles. The molecule has 0 saturated heterocycles. The van der Waals surface area contributed by atoms with Gasteiger partial charge in [-0.25, -0.2) is 0 Å². The van der Waals surface area contributed by atoms with Crippen molar-refractivity contribution < 1.29 is 9.84 Å². The number of rotatable bonds is 4. The lowest BCUT2D eigenvalue weighted by molar-refractivity contribution is 0.185. The quantitative estimate of drug-likeness (QED) is 0.764. The second-order valence-electron chi connectivity index (χ2n) is 3.49. The molecule has 0 aliphatic carbocycles. The Morgan fingerprint density at radius 2 is 2.14 bits per heavy atom. The zero-order valence-electron chi connectivity index (χ0n) is 8.60. The molecule has 0 radical (unpaired) electrons. The summed E-state index contributed by atoms with van der Waals surface area (Å²) in [6.45, 7) is 4.16. The summed E-state index contributed by atoms with van der Waals surface area (Å²) in [5, 5.41) is 9.51. The largest absolute Gasteiger partial charge is 0.491 e. The van der Waals surface area contributed by atoms with Gasteiger partial charge in [0.1, 0.15) is 5.75 Å². The molecule has 14 heavy (non-hydrogen) atoms. The Morgan fingerprint density at radius 1 is 1.43 bits per heavy atom. The predicted octanol–water partition coefficient (Wildman–Crippen LogP) is 1.47. The first-order valence-electron chi connectivity index (χ1n) is 4.78. The average molecular weight is 195 g/mol. The molecule has 3 N–H and O–H groups in total. The van der Waals surface area contributed by atoms with E-state index in [0.29, 0.717) is 0 Å². The third-order valence-corrected chi connectivity index (χ3v) is 1.84. The summed E-state index contributed by atoms with van der Waals surface area (Å²) in [6, 6.07) is 7.38. The van der Waals surface area contributed by atoms with E-state index in [1.807, 2.05) is 38.1 Å². The molecule has 3 nitrogen and oxygen atoms in total. The lowest BCUT2D eigenvalue weighted by Gasteiger charge is -2.12. The molecule has 0 aromatic heterocycles. The van der Waals surface area contributed by atoms with Crippen molar-refractivity contribution in [3.05, 3.63) is 29.8 Å². The number of hydrogen-bond acceptors (Lipinski definition) is 3. The lowest BCUT2D eigenvalue weighted by Crippen LogP contribution is -2.12. The Labute approximate surface area is 84.5 Å². The Kier molecular flexibility index (Phi) is 3.92. The molecule has 0 bridgehead atoms. The molecular weight excluding hydrogens is 178 g/mol. The molecular formula is C11H17NO2. The Balaban J connectivity index is 2.78. The van der Waals surface area contributed by atoms with Gasteiger partial charge in [-0.05, 0) is 31.5 Å². The number of ether oxygens (including phenoxy) is 1. The highest BCUT2D eigenvalue weighted by Crippen LogP contribution is 2.19. The molecule has 0 saturated carbocycles. The summed E-state index contributed by atoms with van der Waals surface area (Å²) < 4.78 is 5.50. The van der Waals surface area contributed by atoms with Gasteiger partial charge >= 0.3 is 0 Å². The molecule has 0 spiro atoms. The van der Waals surface area contributed by atoms with Crippen LogP contribution in [0.15, 0.2) is 24.3 Å². The first-order chi connectivity index (χ1) is 6.63. The number of aliphatic hydroxyl groups excluding tert-OH is 1. The van der Waals surface area contributed by atoms with Gasteiger partial charge in [0.25, 0.3) is 0 Å². The van der Waals surface area contributed by atoms with E-state index in [-0.39, 0.29) is 12.6 Å². The van der Waals surface area contributed by atoms with E-state index in [9.17, 15) is 5.11 Å². The van der Waals surface area contributed by atoms with Gasteiger partial charge in [0.2, 0.25) is 0 Å². The van der Waals surface area contributed by atoms with E-state index in [1.165, 1.54) is 0 Å². The molecule has 0 heterocycles. The van der Waals surface area contributed by atoms with Crippen LogP contribution in [-0.4, -0.2) is 17.8 Å². The number of hydrogen-bond donors (Lipinski definition) is 2. The topological polar surface area (TPSA) is 55.5 Å². The minimum absolute atomic E-state index is 0.139. The zero-order valence-corrected chi connectivity index (χ0v) is 8.60. The lowest BCUT2D eigenvalue weighted by atomic mass is 10.1. The maximum atomic E-state index is 9.51. The first kappa shape index (κ1) is 11.0. The van der Waals surface area contributed by atoms with Crippen molar-refractivity contribution in [2.75, 3.05) is 6.54 Å². The van der Waals surface area contributed by atoms with Crippen LogP contribution >= 0.6 is 0 Å². The van der Waals surface area contributed by atoms with Crippen molar-refractivity contribution in [2.24, 2.45) is 5.73 Å². The van der Waals surface area contributed by atoms with Crippen LogP contribution in [0.4, 0.5) is 0 Å². The van der Waals surface area contributed by atoms with E-state index in [4.69, 9.17) is 10.5 Å². The number of nitrogens with two attached hydrogens (primary N) is 1. The van der Waals surface area contributed by atoms with Crippen LogP contribution in [0.1, 0.15) is 25.5 Å². The molecule has 1 aromatic carbocycles. The third-order valence-electron chi connectivity index (χ3n) is 1.84. The molecule has 1 atom stereocenters. The standard InChI is InChI=1S/C11H17NO2/c1-8(2)14-10-5-3-4-9(6-10)11(13)7-12/h3-6,8,11,13H,7,12H2,1-2H3/t11-/m0/s1. The van der Waals surface area contributed by atoms with Gasteiger partial charge < -0.3 is 15.6 Å². The minimum Gasteiger partial charge on any atom is -0.491 e. The summed E-state index contributed by atoms with van der Waals surface area (Å²) in [7, 11) is 0. The van der Waals surface area contributed by atoms with Crippen LogP contribution in [-0.2, 0) is 0 Å². The fourth-order valence-corrected chi connectivity index (χ4v) is 1.20. The minimum atomic E-state index is -0.606. The number of aliphatic hydroxyl groups is 1. The molecule has 1 rings (SSSR count). The first-order valence-corrected chi connectivity index (χ1v) is 4.78. The van der Waals surface area contributed by atoms with E-state index >= 15 is 0 Å². The summed E-state index contributed by atoms with van der Waals surface area (Å²) in [4.78, 5) is 0. The summed E-state index contributed by atoms with van der Waals surface area (Å²) in [6.07, 6.45) is -0.467. The van der Waals surface area contributed by atoms with Gasteiger partial charge in [-0.2, -0.15) is 0 Å². The van der Waals surface area contributed by atoms with Crippen LogP contribution in [0.25, 0.3) is 0 Å². The van der Waals surface area contributed by atoms with Gasteiger partial charge in [0.05, 0.1) is 12.2 Å². The van der Waals surface area contributed by atoms with Gasteiger partial charge in [-0.15, -0.1) is 0 Å². The van der Waals surface area contributed by atoms with E-state index < -0.39 is 6.10 Å². The van der Waals surface area contributed by atoms with Gasteiger partial charge in [0.15, 0.2) is 0 Å². The highest BCUT2D eigenvalue weighted by atomic mass is 16.5. The maximum absolute atomic E-state index is 9.51. The molecule has 3 heteroatoms. The molecule has 1 aromatic rings. The number of benzene rings is 1. The van der Waals surface area contributed by atoms with Crippen molar-refractivity contribution in [3.63, 3.8) is 0 Å². The zero-order chi connectivity index (χ0) is 10.6. The second-order valence-corrected chi connectivity index (χ2v) is 3.49. The monoisotopic (exact) mass is 195 g/mol. The third kappa shape index (κ3) is 3.01. The molecule has 78 valence electrons. The smallest absolute Gasteiger partial charge is 0.120 e. The Bertz CT molecular complexity index is 286.